The van der Waals surface area contributed by atoms with Gasteiger partial charge in [-0.2, -0.15) is 13.2 Å². The van der Waals surface area contributed by atoms with Gasteiger partial charge < -0.3 is 15.2 Å². The number of alkyl halides is 3. The molecule has 0 radical (unpaired) electrons. The fourth-order valence-electron chi connectivity index (χ4n) is 1.54. The van der Waals surface area contributed by atoms with Crippen molar-refractivity contribution in [1.82, 2.24) is 0 Å². The molecule has 120 valence electrons. The predicted octanol–water partition coefficient (Wildman–Crippen LogP) is 1.79. The van der Waals surface area contributed by atoms with Crippen LogP contribution in [-0.2, 0) is 14.6 Å². The third kappa shape index (κ3) is 4.87. The van der Waals surface area contributed by atoms with Gasteiger partial charge in [0.1, 0.15) is 0 Å². The SMILES string of the molecule is O=S(=O)(c1ccccc1NCCCOCCO)C(F)(F)F. The number of ether oxygens (including phenoxy) is 1. The standard InChI is InChI=1S/C12H16F3NO4S/c13-12(14,15)21(18,19)11-5-2-1-4-10(11)16-6-3-8-20-9-7-17/h1-2,4-5,16-17H,3,6-9H2. The zero-order valence-corrected chi connectivity index (χ0v) is 11.9. The maximum absolute atomic E-state index is 12.6. The zero-order chi connectivity index (χ0) is 15.9. The van der Waals surface area contributed by atoms with E-state index in [4.69, 9.17) is 9.84 Å². The Morgan fingerprint density at radius 3 is 2.48 bits per heavy atom. The van der Waals surface area contributed by atoms with Gasteiger partial charge in [0.25, 0.3) is 9.84 Å². The molecule has 0 aliphatic rings. The maximum atomic E-state index is 12.6. The van der Waals surface area contributed by atoms with E-state index in [-0.39, 0.29) is 25.4 Å². The summed E-state index contributed by atoms with van der Waals surface area (Å²) in [4.78, 5) is -0.797. The number of hydrogen-bond donors (Lipinski definition) is 2. The summed E-state index contributed by atoms with van der Waals surface area (Å²) in [6.07, 6.45) is 0.459. The third-order valence-electron chi connectivity index (χ3n) is 2.50. The van der Waals surface area contributed by atoms with Gasteiger partial charge in [-0.05, 0) is 18.6 Å². The molecule has 0 aliphatic carbocycles. The minimum absolute atomic E-state index is 0.100. The Kier molecular flexibility index (Phi) is 6.43. The first kappa shape index (κ1) is 17.7. The molecule has 0 unspecified atom stereocenters. The smallest absolute Gasteiger partial charge is 0.394 e. The van der Waals surface area contributed by atoms with Crippen LogP contribution in [0.5, 0.6) is 0 Å². The normalized spacial score (nSPS) is 12.4. The van der Waals surface area contributed by atoms with Crippen LogP contribution in [-0.4, -0.2) is 45.4 Å². The predicted molar refractivity (Wildman–Crippen MR) is 70.7 cm³/mol. The number of sulfone groups is 1. The highest BCUT2D eigenvalue weighted by molar-refractivity contribution is 7.92. The van der Waals surface area contributed by atoms with Gasteiger partial charge in [-0.1, -0.05) is 12.1 Å². The van der Waals surface area contributed by atoms with Crippen molar-refractivity contribution in [3.8, 4) is 0 Å². The van der Waals surface area contributed by atoms with Gasteiger partial charge >= 0.3 is 5.51 Å². The summed E-state index contributed by atoms with van der Waals surface area (Å²) < 4.78 is 65.5. The molecule has 0 bridgehead atoms. The maximum Gasteiger partial charge on any atom is 0.501 e. The molecule has 1 aromatic carbocycles. The van der Waals surface area contributed by atoms with Gasteiger partial charge in [0.2, 0.25) is 0 Å². The quantitative estimate of drug-likeness (QED) is 0.712. The molecule has 0 aliphatic heterocycles. The summed E-state index contributed by atoms with van der Waals surface area (Å²) in [5.41, 5.74) is -5.44. The summed E-state index contributed by atoms with van der Waals surface area (Å²) in [6.45, 7) is 0.622. The number of hydrogen-bond acceptors (Lipinski definition) is 5. The lowest BCUT2D eigenvalue weighted by Gasteiger charge is -2.14. The Balaban J connectivity index is 2.73. The molecule has 1 aromatic rings. The van der Waals surface area contributed by atoms with Gasteiger partial charge in [-0.25, -0.2) is 8.42 Å². The molecule has 21 heavy (non-hydrogen) atoms. The largest absolute Gasteiger partial charge is 0.501 e. The first-order valence-electron chi connectivity index (χ1n) is 6.13. The Morgan fingerprint density at radius 1 is 1.19 bits per heavy atom. The Bertz CT molecular complexity index is 546. The fourth-order valence-corrected chi connectivity index (χ4v) is 2.47. The molecule has 0 atom stereocenters. The summed E-state index contributed by atoms with van der Waals surface area (Å²) in [7, 11) is -5.39. The average Bonchev–Trinajstić information content (AvgIpc) is 2.42. The van der Waals surface area contributed by atoms with Crippen LogP contribution in [0.1, 0.15) is 6.42 Å². The molecule has 0 saturated carbocycles. The van der Waals surface area contributed by atoms with E-state index in [1.807, 2.05) is 0 Å². The second-order valence-electron chi connectivity index (χ2n) is 4.06. The number of rotatable bonds is 8. The van der Waals surface area contributed by atoms with Gasteiger partial charge in [0.05, 0.1) is 23.8 Å². The highest BCUT2D eigenvalue weighted by atomic mass is 32.2. The highest BCUT2D eigenvalue weighted by Crippen LogP contribution is 2.34. The summed E-state index contributed by atoms with van der Waals surface area (Å²) in [5.74, 6) is 0. The first-order chi connectivity index (χ1) is 9.80. The minimum atomic E-state index is -5.39. The monoisotopic (exact) mass is 327 g/mol. The second-order valence-corrected chi connectivity index (χ2v) is 5.97. The number of anilines is 1. The molecular weight excluding hydrogens is 311 g/mol. The van der Waals surface area contributed by atoms with Gasteiger partial charge in [0, 0.05) is 13.2 Å². The van der Waals surface area contributed by atoms with Gasteiger partial charge in [-0.15, -0.1) is 0 Å². The molecular formula is C12H16F3NO4S. The van der Waals surface area contributed by atoms with Crippen molar-refractivity contribution in [3.05, 3.63) is 24.3 Å². The minimum Gasteiger partial charge on any atom is -0.394 e. The van der Waals surface area contributed by atoms with Crippen LogP contribution >= 0.6 is 0 Å². The van der Waals surface area contributed by atoms with Gasteiger partial charge in [-0.3, -0.25) is 0 Å². The first-order valence-corrected chi connectivity index (χ1v) is 7.62. The Hall–Kier alpha value is -1.32. The van der Waals surface area contributed by atoms with E-state index in [9.17, 15) is 21.6 Å². The Labute approximate surface area is 120 Å². The van der Waals surface area contributed by atoms with E-state index >= 15 is 0 Å². The fraction of sp³-hybridized carbons (Fsp3) is 0.500. The zero-order valence-electron chi connectivity index (χ0n) is 11.1. The second kappa shape index (κ2) is 7.62. The molecule has 5 nitrogen and oxygen atoms in total. The lowest BCUT2D eigenvalue weighted by atomic mass is 10.3. The average molecular weight is 327 g/mol. The molecule has 2 N–H and O–H groups in total. The van der Waals surface area contributed by atoms with Crippen molar-refractivity contribution in [1.29, 1.82) is 0 Å². The van der Waals surface area contributed by atoms with Crippen LogP contribution in [0.2, 0.25) is 0 Å². The molecule has 9 heteroatoms. The molecule has 0 aromatic heterocycles. The number of benzene rings is 1. The highest BCUT2D eigenvalue weighted by Gasteiger charge is 2.47. The number of para-hydroxylation sites is 1. The van der Waals surface area contributed by atoms with E-state index in [2.05, 4.69) is 5.32 Å². The number of aliphatic hydroxyl groups excluding tert-OH is 1. The van der Waals surface area contributed by atoms with Crippen molar-refractivity contribution in [2.24, 2.45) is 0 Å². The lowest BCUT2D eigenvalue weighted by Crippen LogP contribution is -2.24. The van der Waals surface area contributed by atoms with Crippen LogP contribution in [0.3, 0.4) is 0 Å². The molecule has 0 fully saturated rings. The number of aliphatic hydroxyl groups is 1. The van der Waals surface area contributed by atoms with Crippen molar-refractivity contribution in [2.75, 3.05) is 31.7 Å². The van der Waals surface area contributed by atoms with Crippen LogP contribution in [0.4, 0.5) is 18.9 Å². The van der Waals surface area contributed by atoms with Crippen LogP contribution < -0.4 is 5.32 Å². The molecule has 1 rings (SSSR count). The summed E-state index contributed by atoms with van der Waals surface area (Å²) >= 11 is 0. The molecule has 0 spiro atoms. The van der Waals surface area contributed by atoms with Crippen molar-refractivity contribution in [3.63, 3.8) is 0 Å². The van der Waals surface area contributed by atoms with E-state index in [1.54, 1.807) is 0 Å². The molecule has 0 heterocycles. The Morgan fingerprint density at radius 2 is 1.86 bits per heavy atom. The number of nitrogens with one attached hydrogen (secondary N) is 1. The van der Waals surface area contributed by atoms with Crippen molar-refractivity contribution < 1.29 is 31.4 Å². The van der Waals surface area contributed by atoms with E-state index in [1.165, 1.54) is 18.2 Å². The summed E-state index contributed by atoms with van der Waals surface area (Å²) in [5, 5.41) is 11.1. The number of halogens is 3. The topological polar surface area (TPSA) is 75.6 Å². The van der Waals surface area contributed by atoms with Crippen molar-refractivity contribution >= 4 is 15.5 Å². The van der Waals surface area contributed by atoms with Gasteiger partial charge in [0.15, 0.2) is 0 Å². The third-order valence-corrected chi connectivity index (χ3v) is 4.04. The van der Waals surface area contributed by atoms with Crippen LogP contribution in [0.15, 0.2) is 29.2 Å². The van der Waals surface area contributed by atoms with E-state index < -0.39 is 20.2 Å². The summed E-state index contributed by atoms with van der Waals surface area (Å²) in [6, 6.07) is 4.86. The van der Waals surface area contributed by atoms with Crippen molar-refractivity contribution in [2.45, 2.75) is 16.8 Å². The van der Waals surface area contributed by atoms with E-state index in [0.29, 0.717) is 13.0 Å². The van der Waals surface area contributed by atoms with Crippen LogP contribution in [0, 0.1) is 0 Å². The lowest BCUT2D eigenvalue weighted by molar-refractivity contribution is -0.0435. The van der Waals surface area contributed by atoms with E-state index in [0.717, 1.165) is 6.07 Å². The molecule has 0 saturated heterocycles. The van der Waals surface area contributed by atoms with Crippen LogP contribution in [0.25, 0.3) is 0 Å². The molecule has 0 amide bonds.